The number of phenolic OH excluding ortho intramolecular Hbond substituents is 2. The summed E-state index contributed by atoms with van der Waals surface area (Å²) < 4.78 is 17.7. The van der Waals surface area contributed by atoms with Gasteiger partial charge in [-0.1, -0.05) is 72.8 Å². The van der Waals surface area contributed by atoms with Gasteiger partial charge in [-0.05, 0) is 91.0 Å². The van der Waals surface area contributed by atoms with Crippen molar-refractivity contribution in [3.63, 3.8) is 0 Å². The summed E-state index contributed by atoms with van der Waals surface area (Å²) in [6.07, 6.45) is 19.2. The summed E-state index contributed by atoms with van der Waals surface area (Å²) in [6.45, 7) is 2.61. The Kier molecular flexibility index (Phi) is 12.3. The molecular formula is C54H50N4O4+2. The number of rotatable bonds is 12. The molecule has 0 spiro atoms. The minimum atomic E-state index is 0.286. The van der Waals surface area contributed by atoms with Gasteiger partial charge in [0.05, 0.1) is 13.2 Å². The first-order chi connectivity index (χ1) is 30.6. The van der Waals surface area contributed by atoms with Crippen molar-refractivity contribution < 1.29 is 28.8 Å². The van der Waals surface area contributed by atoms with Crippen molar-refractivity contribution in [3.05, 3.63) is 215 Å². The van der Waals surface area contributed by atoms with Crippen molar-refractivity contribution in [1.82, 2.24) is 9.97 Å². The van der Waals surface area contributed by atoms with Gasteiger partial charge in [0.15, 0.2) is 37.9 Å². The quantitative estimate of drug-likeness (QED) is 0.0944. The Morgan fingerprint density at radius 2 is 0.677 bits per heavy atom. The molecule has 2 N–H and O–H groups in total. The summed E-state index contributed by atoms with van der Waals surface area (Å²) in [6, 6.07) is 41.0. The summed E-state index contributed by atoms with van der Waals surface area (Å²) in [5.74, 6) is 2.17. The van der Waals surface area contributed by atoms with Crippen LogP contribution in [0.4, 0.5) is 0 Å². The molecule has 1 aliphatic rings. The minimum absolute atomic E-state index is 0.286. The van der Waals surface area contributed by atoms with E-state index in [1.54, 1.807) is 0 Å². The Morgan fingerprint density at radius 3 is 1.00 bits per heavy atom. The van der Waals surface area contributed by atoms with Crippen molar-refractivity contribution >= 4 is 0 Å². The van der Waals surface area contributed by atoms with Gasteiger partial charge in [0.1, 0.15) is 23.0 Å². The van der Waals surface area contributed by atoms with Crippen molar-refractivity contribution in [2.75, 3.05) is 13.2 Å². The van der Waals surface area contributed by atoms with Crippen LogP contribution in [0.15, 0.2) is 171 Å². The van der Waals surface area contributed by atoms with Gasteiger partial charge in [-0.3, -0.25) is 9.97 Å². The molecule has 0 fully saturated rings. The van der Waals surface area contributed by atoms with E-state index in [1.165, 1.54) is 0 Å². The Balaban J connectivity index is 0.953. The smallest absolute Gasteiger partial charge is 0.169 e. The normalized spacial score (nSPS) is 12.1. The SMILES string of the molecule is Oc1c2cccc1Cc1cccc(c1OCCC[n+]1ccc(-c3ccncc3)cc1)Cc1cccc(c1O)Cc1cccc(c1OCCC[n+]1ccc(-c3ccncc3)cc1)C2. The van der Waals surface area contributed by atoms with E-state index in [1.807, 2.05) is 97.6 Å². The Bertz CT molecular complexity index is 2480. The minimum Gasteiger partial charge on any atom is -0.507 e. The van der Waals surface area contributed by atoms with Gasteiger partial charge in [0.25, 0.3) is 0 Å². The van der Waals surface area contributed by atoms with Crippen LogP contribution < -0.4 is 18.6 Å². The highest BCUT2D eigenvalue weighted by Crippen LogP contribution is 2.38. The molecular weight excluding hydrogens is 769 g/mol. The van der Waals surface area contributed by atoms with Crippen LogP contribution in [0.25, 0.3) is 22.3 Å². The highest BCUT2D eigenvalue weighted by Gasteiger charge is 2.20. The van der Waals surface area contributed by atoms with Crippen molar-refractivity contribution in [2.24, 2.45) is 0 Å². The fraction of sp³-hybridized carbons (Fsp3) is 0.185. The number of aromatic nitrogens is 4. The average Bonchev–Trinajstić information content (AvgIpc) is 3.31. The van der Waals surface area contributed by atoms with Gasteiger partial charge >= 0.3 is 0 Å². The second-order valence-electron chi connectivity index (χ2n) is 15.9. The summed E-state index contributed by atoms with van der Waals surface area (Å²) >= 11 is 0. The number of phenols is 2. The molecule has 0 aliphatic heterocycles. The molecule has 0 saturated carbocycles. The van der Waals surface area contributed by atoms with Crippen LogP contribution in [-0.2, 0) is 38.8 Å². The molecule has 1 aliphatic carbocycles. The molecule has 9 rings (SSSR count). The summed E-state index contributed by atoms with van der Waals surface area (Å²) in [7, 11) is 0. The predicted molar refractivity (Wildman–Crippen MR) is 240 cm³/mol. The van der Waals surface area contributed by atoms with Crippen LogP contribution in [0.1, 0.15) is 57.3 Å². The Morgan fingerprint density at radius 1 is 0.387 bits per heavy atom. The second-order valence-corrected chi connectivity index (χ2v) is 15.9. The summed E-state index contributed by atoms with van der Waals surface area (Å²) in [4.78, 5) is 8.27. The molecule has 0 saturated heterocycles. The molecule has 0 amide bonds. The number of hydrogen-bond acceptors (Lipinski definition) is 6. The highest BCUT2D eigenvalue weighted by atomic mass is 16.5. The number of aromatic hydroxyl groups is 2. The lowest BCUT2D eigenvalue weighted by Crippen LogP contribution is -2.33. The van der Waals surface area contributed by atoms with Crippen molar-refractivity contribution in [2.45, 2.75) is 51.6 Å². The average molecular weight is 819 g/mol. The van der Waals surface area contributed by atoms with E-state index < -0.39 is 0 Å². The van der Waals surface area contributed by atoms with Gasteiger partial charge in [-0.25, -0.2) is 9.13 Å². The third-order valence-corrected chi connectivity index (χ3v) is 11.7. The summed E-state index contributed by atoms with van der Waals surface area (Å²) in [5.41, 5.74) is 11.9. The maximum Gasteiger partial charge on any atom is 0.169 e. The van der Waals surface area contributed by atoms with E-state index >= 15 is 0 Å². The van der Waals surface area contributed by atoms with E-state index in [2.05, 4.69) is 92.4 Å². The fourth-order valence-electron chi connectivity index (χ4n) is 8.41. The zero-order valence-electron chi connectivity index (χ0n) is 34.7. The molecule has 8 nitrogen and oxygen atoms in total. The first kappa shape index (κ1) is 40.1. The lowest BCUT2D eigenvalue weighted by molar-refractivity contribution is -0.697. The predicted octanol–water partition coefficient (Wildman–Crippen LogP) is 9.41. The molecule has 8 heteroatoms. The van der Waals surface area contributed by atoms with Gasteiger partial charge < -0.3 is 19.7 Å². The number of hydrogen-bond donors (Lipinski definition) is 2. The first-order valence-electron chi connectivity index (χ1n) is 21.4. The third-order valence-electron chi connectivity index (χ3n) is 11.7. The van der Waals surface area contributed by atoms with Crippen LogP contribution in [-0.4, -0.2) is 33.4 Å². The largest absolute Gasteiger partial charge is 0.507 e. The zero-order valence-corrected chi connectivity index (χ0v) is 34.7. The Labute approximate surface area is 363 Å². The van der Waals surface area contributed by atoms with Crippen molar-refractivity contribution in [3.8, 4) is 45.3 Å². The standard InChI is InChI=1S/C54H48N4O4/c59-51-43-7-1-8-44(51)36-48-12-4-14-50(54(48)62-34-6-28-58-31-21-42(22-32-58)40-17-25-56-26-18-40)38-46-10-2-9-45(52(46)60)37-49-13-3-11-47(35-43)53(49)61-33-5-27-57-29-19-41(20-30-57)39-15-23-55-24-16-39/h1-4,7-26,29-32H,5-6,27-28,33-38H2/p+2. The van der Waals surface area contributed by atoms with E-state index in [0.717, 1.165) is 104 Å². The van der Waals surface area contributed by atoms with Gasteiger partial charge in [0.2, 0.25) is 0 Å². The fourth-order valence-corrected chi connectivity index (χ4v) is 8.41. The molecule has 4 aromatic heterocycles. The maximum atomic E-state index is 11.9. The lowest BCUT2D eigenvalue weighted by atomic mass is 9.91. The monoisotopic (exact) mass is 818 g/mol. The molecule has 8 bridgehead atoms. The Hall–Kier alpha value is -7.32. The number of fused-ring (bicyclic) bond motifs is 8. The highest BCUT2D eigenvalue weighted by molar-refractivity contribution is 5.62. The van der Waals surface area contributed by atoms with Crippen LogP contribution in [0, 0.1) is 0 Å². The van der Waals surface area contributed by atoms with Gasteiger partial charge in [-0.2, -0.15) is 0 Å². The second kappa shape index (κ2) is 18.9. The van der Waals surface area contributed by atoms with Crippen LogP contribution in [0.3, 0.4) is 0 Å². The molecule has 0 radical (unpaired) electrons. The number of para-hydroxylation sites is 4. The lowest BCUT2D eigenvalue weighted by Gasteiger charge is -2.20. The first-order valence-corrected chi connectivity index (χ1v) is 21.4. The van der Waals surface area contributed by atoms with E-state index in [-0.39, 0.29) is 11.5 Å². The molecule has 308 valence electrons. The zero-order chi connectivity index (χ0) is 42.1. The molecule has 62 heavy (non-hydrogen) atoms. The number of nitrogens with zero attached hydrogens (tertiary/aromatic N) is 4. The molecule has 4 aromatic carbocycles. The maximum absolute atomic E-state index is 11.9. The molecule has 4 heterocycles. The molecule has 8 aromatic rings. The van der Waals surface area contributed by atoms with E-state index in [0.29, 0.717) is 38.9 Å². The van der Waals surface area contributed by atoms with E-state index in [9.17, 15) is 10.2 Å². The number of pyridine rings is 4. The third kappa shape index (κ3) is 9.35. The van der Waals surface area contributed by atoms with Crippen LogP contribution in [0.5, 0.6) is 23.0 Å². The van der Waals surface area contributed by atoms with E-state index in [4.69, 9.17) is 9.47 Å². The number of aryl methyl sites for hydroxylation is 2. The van der Waals surface area contributed by atoms with Crippen LogP contribution in [0.2, 0.25) is 0 Å². The van der Waals surface area contributed by atoms with Gasteiger partial charge in [0, 0.05) is 87.6 Å². The summed E-state index contributed by atoms with van der Waals surface area (Å²) in [5, 5.41) is 23.8. The number of ether oxygens (including phenoxy) is 2. The van der Waals surface area contributed by atoms with Crippen molar-refractivity contribution in [1.29, 1.82) is 0 Å². The molecule has 0 atom stereocenters. The number of benzene rings is 4. The molecule has 0 unspecified atom stereocenters. The topological polar surface area (TPSA) is 92.5 Å². The van der Waals surface area contributed by atoms with Gasteiger partial charge in [-0.15, -0.1) is 0 Å². The van der Waals surface area contributed by atoms with Crippen LogP contribution >= 0.6 is 0 Å².